The van der Waals surface area contributed by atoms with Crippen LogP contribution in [0.1, 0.15) is 13.3 Å². The van der Waals surface area contributed by atoms with E-state index in [0.717, 1.165) is 0 Å². The van der Waals surface area contributed by atoms with Crippen molar-refractivity contribution in [1.82, 2.24) is 4.98 Å². The van der Waals surface area contributed by atoms with E-state index < -0.39 is 17.9 Å². The van der Waals surface area contributed by atoms with Crippen LogP contribution in [0.15, 0.2) is 24.5 Å². The normalized spacial score (nSPS) is 13.9. The van der Waals surface area contributed by atoms with Crippen molar-refractivity contribution in [1.29, 1.82) is 0 Å². The van der Waals surface area contributed by atoms with Crippen molar-refractivity contribution in [3.05, 3.63) is 24.5 Å². The van der Waals surface area contributed by atoms with Gasteiger partial charge in [0.15, 0.2) is 14.6 Å². The number of aliphatic hydroxyl groups excluding tert-OH is 1. The molecule has 0 bridgehead atoms. The van der Waals surface area contributed by atoms with E-state index in [1.165, 1.54) is 0 Å². The summed E-state index contributed by atoms with van der Waals surface area (Å²) in [5.41, 5.74) is 0.668. The summed E-state index contributed by atoms with van der Waals surface area (Å²) in [6.07, 6.45) is 1.89. The van der Waals surface area contributed by atoms with Crippen molar-refractivity contribution in [2.24, 2.45) is 0 Å². The number of aromatic nitrogens is 1. The van der Waals surface area contributed by atoms with E-state index >= 15 is 0 Å². The Morgan fingerprint density at radius 1 is 1.67 bits per heavy atom. The molecule has 2 atom stereocenters. The first-order chi connectivity index (χ1) is 8.67. The second kappa shape index (κ2) is 7.74. The summed E-state index contributed by atoms with van der Waals surface area (Å²) in [6.45, 7) is 1.85. The van der Waals surface area contributed by atoms with Gasteiger partial charge in [0.05, 0.1) is 12.3 Å². The first-order valence-electron chi connectivity index (χ1n) is 5.51. The van der Waals surface area contributed by atoms with Crippen LogP contribution in [0.2, 0.25) is 0 Å². The molecule has 0 aliphatic rings. The molecular weight excluding hydrogens is 255 g/mol. The van der Waals surface area contributed by atoms with Gasteiger partial charge < -0.3 is 15.2 Å². The van der Waals surface area contributed by atoms with Crippen molar-refractivity contribution in [2.45, 2.75) is 25.2 Å². The molecule has 0 radical (unpaired) electrons. The summed E-state index contributed by atoms with van der Waals surface area (Å²) < 4.78 is 15.6. The summed E-state index contributed by atoms with van der Waals surface area (Å²) in [4.78, 5) is 15.1. The van der Waals surface area contributed by atoms with E-state index in [4.69, 9.17) is 0 Å². The van der Waals surface area contributed by atoms with Gasteiger partial charge in [-0.25, -0.2) is 4.79 Å². The van der Waals surface area contributed by atoms with Gasteiger partial charge in [0.1, 0.15) is 5.78 Å². The van der Waals surface area contributed by atoms with Gasteiger partial charge in [0.2, 0.25) is 0 Å². The van der Waals surface area contributed by atoms with E-state index in [9.17, 15) is 14.5 Å². The lowest BCUT2D eigenvalue weighted by molar-refractivity contribution is -0.153. The third kappa shape index (κ3) is 4.77. The van der Waals surface area contributed by atoms with E-state index in [0.29, 0.717) is 5.69 Å². The highest BCUT2D eigenvalue weighted by atomic mass is 31.1. The van der Waals surface area contributed by atoms with Gasteiger partial charge in [0, 0.05) is 18.8 Å². The molecule has 0 saturated heterocycles. The molecule has 0 aliphatic heterocycles. The number of anilines is 1. The molecule has 0 saturated carbocycles. The molecule has 0 spiro atoms. The molecule has 1 rings (SSSR count). The zero-order valence-corrected chi connectivity index (χ0v) is 10.8. The summed E-state index contributed by atoms with van der Waals surface area (Å²) >= 11 is 0. The molecule has 1 aromatic rings. The van der Waals surface area contributed by atoms with Crippen LogP contribution in [0.5, 0.6) is 0 Å². The predicted octanol–water partition coefficient (Wildman–Crippen LogP) is 1.43. The molecule has 18 heavy (non-hydrogen) atoms. The third-order valence-corrected chi connectivity index (χ3v) is 2.72. The van der Waals surface area contributed by atoms with Crippen LogP contribution in [0.3, 0.4) is 0 Å². The standard InChI is InChI=1S/C11H15N2O4P/c1-2-17-11(15)9(14)6-10(18-16)13-8-4-3-5-12-7-8/h3-5,7,9-10,13-14H,2,6H2,1H3. The first-order valence-corrected chi connectivity index (χ1v) is 6.39. The fraction of sp³-hybridized carbons (Fsp3) is 0.455. The van der Waals surface area contributed by atoms with Gasteiger partial charge in [-0.05, 0) is 19.1 Å². The quantitative estimate of drug-likeness (QED) is 0.575. The number of esters is 1. The Morgan fingerprint density at radius 3 is 3.00 bits per heavy atom. The lowest BCUT2D eigenvalue weighted by Crippen LogP contribution is -2.29. The van der Waals surface area contributed by atoms with Crippen molar-refractivity contribution in [3.8, 4) is 0 Å². The van der Waals surface area contributed by atoms with Gasteiger partial charge in [0.25, 0.3) is 0 Å². The minimum atomic E-state index is -1.29. The van der Waals surface area contributed by atoms with Crippen molar-refractivity contribution < 1.29 is 19.2 Å². The zero-order chi connectivity index (χ0) is 13.4. The van der Waals surface area contributed by atoms with Crippen LogP contribution in [-0.4, -0.2) is 34.6 Å². The third-order valence-electron chi connectivity index (χ3n) is 2.13. The number of nitrogens with one attached hydrogen (secondary N) is 1. The zero-order valence-electron chi connectivity index (χ0n) is 9.94. The SMILES string of the molecule is CCOC(=O)C(O)CC(Nc1cccnc1)P=O. The molecule has 0 aliphatic carbocycles. The van der Waals surface area contributed by atoms with Crippen molar-refractivity contribution in [3.63, 3.8) is 0 Å². The molecular formula is C11H15N2O4P. The Morgan fingerprint density at radius 2 is 2.44 bits per heavy atom. The number of carbonyl (C=O) groups is 1. The summed E-state index contributed by atoms with van der Waals surface area (Å²) in [7, 11) is -0.211. The predicted molar refractivity (Wildman–Crippen MR) is 66.5 cm³/mol. The number of ether oxygens (including phenoxy) is 1. The smallest absolute Gasteiger partial charge is 0.335 e. The van der Waals surface area contributed by atoms with Gasteiger partial charge in [-0.2, -0.15) is 0 Å². The molecule has 98 valence electrons. The summed E-state index contributed by atoms with van der Waals surface area (Å²) in [6, 6.07) is 3.48. The van der Waals surface area contributed by atoms with Crippen LogP contribution in [0.4, 0.5) is 5.69 Å². The van der Waals surface area contributed by atoms with Crippen LogP contribution in [0.25, 0.3) is 0 Å². The molecule has 6 nitrogen and oxygen atoms in total. The van der Waals surface area contributed by atoms with Crippen LogP contribution >= 0.6 is 8.46 Å². The molecule has 1 heterocycles. The van der Waals surface area contributed by atoms with Gasteiger partial charge in [-0.1, -0.05) is 0 Å². The maximum atomic E-state index is 11.2. The molecule has 1 aromatic heterocycles. The average Bonchev–Trinajstić information content (AvgIpc) is 2.39. The Hall–Kier alpha value is -1.52. The molecule has 0 amide bonds. The Kier molecular flexibility index (Phi) is 6.25. The van der Waals surface area contributed by atoms with Crippen molar-refractivity contribution in [2.75, 3.05) is 11.9 Å². The van der Waals surface area contributed by atoms with E-state index in [1.54, 1.807) is 31.5 Å². The highest BCUT2D eigenvalue weighted by molar-refractivity contribution is 7.24. The summed E-state index contributed by atoms with van der Waals surface area (Å²) in [5, 5.41) is 12.5. The number of pyridine rings is 1. The number of carbonyl (C=O) groups excluding carboxylic acids is 1. The fourth-order valence-electron chi connectivity index (χ4n) is 1.31. The Balaban J connectivity index is 2.52. The van der Waals surface area contributed by atoms with Crippen molar-refractivity contribution >= 4 is 20.1 Å². The van der Waals surface area contributed by atoms with Gasteiger partial charge >= 0.3 is 5.97 Å². The van der Waals surface area contributed by atoms with Crippen LogP contribution < -0.4 is 5.32 Å². The van der Waals surface area contributed by atoms with E-state index in [1.807, 2.05) is 0 Å². The number of hydrogen-bond donors (Lipinski definition) is 2. The fourth-order valence-corrected chi connectivity index (χ4v) is 1.80. The Bertz CT molecular complexity index is 388. The second-order valence-corrected chi connectivity index (χ2v) is 4.34. The first kappa shape index (κ1) is 14.5. The van der Waals surface area contributed by atoms with Gasteiger partial charge in [-0.3, -0.25) is 9.55 Å². The number of nitrogens with zero attached hydrogens (tertiary/aromatic N) is 1. The Labute approximate surface area is 107 Å². The summed E-state index contributed by atoms with van der Waals surface area (Å²) in [5.74, 6) is -1.28. The van der Waals surface area contributed by atoms with Gasteiger partial charge in [-0.15, -0.1) is 0 Å². The minimum absolute atomic E-state index is 0.00121. The lowest BCUT2D eigenvalue weighted by atomic mass is 10.2. The largest absolute Gasteiger partial charge is 0.464 e. The van der Waals surface area contributed by atoms with Crippen LogP contribution in [0, 0.1) is 0 Å². The molecule has 0 fully saturated rings. The monoisotopic (exact) mass is 270 g/mol. The second-order valence-electron chi connectivity index (χ2n) is 3.51. The highest BCUT2D eigenvalue weighted by Gasteiger charge is 2.22. The highest BCUT2D eigenvalue weighted by Crippen LogP contribution is 2.17. The number of rotatable bonds is 7. The average molecular weight is 270 g/mol. The maximum absolute atomic E-state index is 11.2. The van der Waals surface area contributed by atoms with E-state index in [2.05, 4.69) is 15.0 Å². The van der Waals surface area contributed by atoms with E-state index in [-0.39, 0.29) is 21.5 Å². The minimum Gasteiger partial charge on any atom is -0.464 e. The topological polar surface area (TPSA) is 88.5 Å². The maximum Gasteiger partial charge on any atom is 0.335 e. The van der Waals surface area contributed by atoms with Crippen LogP contribution in [-0.2, 0) is 14.1 Å². The number of hydrogen-bond acceptors (Lipinski definition) is 6. The molecule has 0 aromatic carbocycles. The molecule has 7 heteroatoms. The molecule has 2 N–H and O–H groups in total. The molecule has 2 unspecified atom stereocenters. The lowest BCUT2D eigenvalue weighted by Gasteiger charge is -2.15. The number of aliphatic hydroxyl groups is 1.